The van der Waals surface area contributed by atoms with Crippen molar-refractivity contribution in [3.05, 3.63) is 17.4 Å². The zero-order valence-corrected chi connectivity index (χ0v) is 12.6. The van der Waals surface area contributed by atoms with Crippen molar-refractivity contribution < 1.29 is 23.1 Å². The van der Waals surface area contributed by atoms with Crippen LogP contribution in [0.1, 0.15) is 32.7 Å². The molecular weight excluding hydrogens is 325 g/mol. The van der Waals surface area contributed by atoms with E-state index in [9.17, 15) is 23.1 Å². The van der Waals surface area contributed by atoms with Crippen LogP contribution in [0.15, 0.2) is 17.5 Å². The van der Waals surface area contributed by atoms with Crippen molar-refractivity contribution in [3.63, 3.8) is 0 Å². The summed E-state index contributed by atoms with van der Waals surface area (Å²) in [5.74, 6) is -1.00. The van der Waals surface area contributed by atoms with Gasteiger partial charge in [0.05, 0.1) is 11.2 Å². The van der Waals surface area contributed by atoms with Crippen molar-refractivity contribution in [1.82, 2.24) is 14.8 Å². The Bertz CT molecular complexity index is 616. The summed E-state index contributed by atoms with van der Waals surface area (Å²) in [7, 11) is 0. The fourth-order valence-corrected chi connectivity index (χ4v) is 2.42. The number of amides is 1. The minimum atomic E-state index is -5.02. The van der Waals surface area contributed by atoms with E-state index in [2.05, 4.69) is 10.2 Å². The van der Waals surface area contributed by atoms with Gasteiger partial charge in [0.15, 0.2) is 0 Å². The number of carbonyl (C=O) groups excluding carboxylic acids is 1. The molecule has 0 saturated carbocycles. The van der Waals surface area contributed by atoms with Crippen LogP contribution in [0.4, 0.5) is 13.2 Å². The standard InChI is InChI=1S/C12H14ClF3N4O2/c1-3-9(19-6-8(13)5-17-19)10(21)20-11(22,12(14,15)16)4-7(2)18-20/h5-6,9,22H,3-4H2,1-2H3. The maximum Gasteiger partial charge on any atom is 0.438 e. The lowest BCUT2D eigenvalue weighted by Gasteiger charge is -2.34. The lowest BCUT2D eigenvalue weighted by atomic mass is 10.1. The maximum absolute atomic E-state index is 13.1. The number of hydrogen-bond donors (Lipinski definition) is 1. The highest BCUT2D eigenvalue weighted by atomic mass is 35.5. The van der Waals surface area contributed by atoms with E-state index in [1.807, 2.05) is 0 Å². The topological polar surface area (TPSA) is 70.7 Å². The van der Waals surface area contributed by atoms with Gasteiger partial charge < -0.3 is 5.11 Å². The fraction of sp³-hybridized carbons (Fsp3) is 0.583. The van der Waals surface area contributed by atoms with Crippen LogP contribution >= 0.6 is 11.6 Å². The normalized spacial score (nSPS) is 23.6. The molecule has 0 bridgehead atoms. The van der Waals surface area contributed by atoms with E-state index in [0.29, 0.717) is 0 Å². The first kappa shape index (κ1) is 16.8. The second-order valence-corrected chi connectivity index (χ2v) is 5.48. The molecule has 1 amide bonds. The molecular formula is C12H14ClF3N4O2. The molecule has 1 aliphatic rings. The molecule has 122 valence electrons. The van der Waals surface area contributed by atoms with Crippen molar-refractivity contribution in [2.45, 2.75) is 44.6 Å². The van der Waals surface area contributed by atoms with Crippen molar-refractivity contribution >= 4 is 23.2 Å². The van der Waals surface area contributed by atoms with E-state index in [1.165, 1.54) is 19.3 Å². The van der Waals surface area contributed by atoms with E-state index in [1.54, 1.807) is 6.92 Å². The molecule has 2 atom stereocenters. The second-order valence-electron chi connectivity index (χ2n) is 5.04. The highest BCUT2D eigenvalue weighted by Gasteiger charge is 2.63. The van der Waals surface area contributed by atoms with Gasteiger partial charge in [-0.05, 0) is 13.3 Å². The van der Waals surface area contributed by atoms with Crippen LogP contribution in [0.25, 0.3) is 0 Å². The predicted molar refractivity (Wildman–Crippen MR) is 72.1 cm³/mol. The van der Waals surface area contributed by atoms with E-state index in [-0.39, 0.29) is 22.2 Å². The molecule has 1 aromatic rings. The fourth-order valence-electron chi connectivity index (χ4n) is 2.27. The summed E-state index contributed by atoms with van der Waals surface area (Å²) in [6.07, 6.45) is -3.04. The number of aliphatic hydroxyl groups is 1. The Balaban J connectivity index is 2.37. The molecule has 6 nitrogen and oxygen atoms in total. The van der Waals surface area contributed by atoms with E-state index in [4.69, 9.17) is 11.6 Å². The first-order valence-corrected chi connectivity index (χ1v) is 6.85. The molecule has 0 spiro atoms. The van der Waals surface area contributed by atoms with Crippen LogP contribution in [0.2, 0.25) is 5.02 Å². The molecule has 0 fully saturated rings. The molecule has 0 aliphatic carbocycles. The third kappa shape index (κ3) is 2.70. The largest absolute Gasteiger partial charge is 0.438 e. The Labute approximate surface area is 129 Å². The summed E-state index contributed by atoms with van der Waals surface area (Å²) in [5.41, 5.74) is -3.32. The maximum atomic E-state index is 13.1. The average molecular weight is 339 g/mol. The number of hydrogen-bond acceptors (Lipinski definition) is 4. The van der Waals surface area contributed by atoms with Crippen molar-refractivity contribution in [3.8, 4) is 0 Å². The number of carbonyl (C=O) groups is 1. The third-order valence-corrected chi connectivity index (χ3v) is 3.54. The summed E-state index contributed by atoms with van der Waals surface area (Å²) in [5, 5.41) is 17.7. The number of nitrogens with zero attached hydrogens (tertiary/aromatic N) is 4. The Morgan fingerprint density at radius 1 is 1.59 bits per heavy atom. The van der Waals surface area contributed by atoms with Gasteiger partial charge in [0, 0.05) is 18.3 Å². The SMILES string of the molecule is CCC(C(=O)N1N=C(C)CC1(O)C(F)(F)F)n1cc(Cl)cn1. The lowest BCUT2D eigenvalue weighted by molar-refractivity contribution is -0.303. The summed E-state index contributed by atoms with van der Waals surface area (Å²) in [6, 6.07) is -1.05. The number of alkyl halides is 3. The summed E-state index contributed by atoms with van der Waals surface area (Å²) >= 11 is 5.71. The van der Waals surface area contributed by atoms with Gasteiger partial charge in [-0.3, -0.25) is 9.48 Å². The number of aromatic nitrogens is 2. The molecule has 1 N–H and O–H groups in total. The van der Waals surface area contributed by atoms with Crippen LogP contribution in [-0.4, -0.2) is 43.4 Å². The highest BCUT2D eigenvalue weighted by molar-refractivity contribution is 6.30. The van der Waals surface area contributed by atoms with Gasteiger partial charge in [-0.15, -0.1) is 0 Å². The number of halogens is 4. The molecule has 22 heavy (non-hydrogen) atoms. The molecule has 10 heteroatoms. The monoisotopic (exact) mass is 338 g/mol. The molecule has 2 unspecified atom stereocenters. The second kappa shape index (κ2) is 5.54. The van der Waals surface area contributed by atoms with Gasteiger partial charge in [0.25, 0.3) is 11.6 Å². The minimum Gasteiger partial charge on any atom is -0.362 e. The molecule has 1 aromatic heterocycles. The van der Waals surface area contributed by atoms with Crippen LogP contribution in [-0.2, 0) is 4.79 Å². The molecule has 0 saturated heterocycles. The third-order valence-electron chi connectivity index (χ3n) is 3.35. The first-order valence-electron chi connectivity index (χ1n) is 6.47. The highest BCUT2D eigenvalue weighted by Crippen LogP contribution is 2.41. The predicted octanol–water partition coefficient (Wildman–Crippen LogP) is 2.35. The van der Waals surface area contributed by atoms with Crippen molar-refractivity contribution in [1.29, 1.82) is 0 Å². The number of hydrazone groups is 1. The van der Waals surface area contributed by atoms with E-state index in [0.717, 1.165) is 4.68 Å². The smallest absolute Gasteiger partial charge is 0.362 e. The van der Waals surface area contributed by atoms with Gasteiger partial charge in [-0.2, -0.15) is 28.4 Å². The molecule has 2 rings (SSSR count). The van der Waals surface area contributed by atoms with E-state index < -0.39 is 30.3 Å². The summed E-state index contributed by atoms with van der Waals surface area (Å²) < 4.78 is 40.6. The Kier molecular flexibility index (Phi) is 4.22. The minimum absolute atomic E-state index is 0.0153. The van der Waals surface area contributed by atoms with Crippen LogP contribution in [0.3, 0.4) is 0 Å². The van der Waals surface area contributed by atoms with Crippen molar-refractivity contribution in [2.24, 2.45) is 5.10 Å². The van der Waals surface area contributed by atoms with Gasteiger partial charge in [-0.25, -0.2) is 0 Å². The van der Waals surface area contributed by atoms with Gasteiger partial charge >= 0.3 is 6.18 Å². The molecule has 0 aromatic carbocycles. The quantitative estimate of drug-likeness (QED) is 0.919. The Morgan fingerprint density at radius 2 is 2.23 bits per heavy atom. The number of rotatable bonds is 3. The molecule has 1 aliphatic heterocycles. The van der Waals surface area contributed by atoms with Crippen LogP contribution in [0, 0.1) is 0 Å². The Hall–Kier alpha value is -1.61. The van der Waals surface area contributed by atoms with Crippen LogP contribution in [0.5, 0.6) is 0 Å². The zero-order valence-electron chi connectivity index (χ0n) is 11.8. The average Bonchev–Trinajstić information content (AvgIpc) is 2.94. The first-order chi connectivity index (χ1) is 10.1. The van der Waals surface area contributed by atoms with Gasteiger partial charge in [0.1, 0.15) is 6.04 Å². The Morgan fingerprint density at radius 3 is 2.68 bits per heavy atom. The van der Waals surface area contributed by atoms with E-state index >= 15 is 0 Å². The molecule has 2 heterocycles. The molecule has 0 radical (unpaired) electrons. The summed E-state index contributed by atoms with van der Waals surface area (Å²) in [6.45, 7) is 2.92. The summed E-state index contributed by atoms with van der Waals surface area (Å²) in [4.78, 5) is 12.4. The van der Waals surface area contributed by atoms with Crippen molar-refractivity contribution in [2.75, 3.05) is 0 Å². The zero-order chi connectivity index (χ0) is 16.7. The van der Waals surface area contributed by atoms with Crippen LogP contribution < -0.4 is 0 Å². The lowest BCUT2D eigenvalue weighted by Crippen LogP contribution is -2.57. The van der Waals surface area contributed by atoms with Gasteiger partial charge in [-0.1, -0.05) is 18.5 Å². The van der Waals surface area contributed by atoms with Gasteiger partial charge in [0.2, 0.25) is 0 Å².